The molecule has 2 saturated carbocycles. The van der Waals surface area contributed by atoms with Gasteiger partial charge in [-0.2, -0.15) is 0 Å². The number of nitrogens with one attached hydrogen (secondary N) is 1. The fraction of sp³-hybridized carbons (Fsp3) is 0.560. The Hall–Kier alpha value is -2.90. The van der Waals surface area contributed by atoms with Crippen molar-refractivity contribution in [2.45, 2.75) is 64.0 Å². The zero-order valence-electron chi connectivity index (χ0n) is 19.1. The molecule has 0 spiro atoms. The van der Waals surface area contributed by atoms with Gasteiger partial charge in [0.2, 0.25) is 11.3 Å². The standard InChI is InChI=1S/C25H31FN4O3/c1-16(31)28-9-11-29(12-10-28)23-14-22-19(13-21(23)26)24(32)20(15-30(22)18-7-8-18)25(33)27-17-5-3-2-4-6-17/h13-15,17-18H,2-12H2,1H3,(H,27,33). The SMILES string of the molecule is CC(=O)N1CCN(c2cc3c(cc2F)c(=O)c(C(=O)NC2CCCCC2)cn3C2CC2)CC1. The maximum Gasteiger partial charge on any atom is 0.256 e. The lowest BCUT2D eigenvalue weighted by Crippen LogP contribution is -2.48. The zero-order valence-corrected chi connectivity index (χ0v) is 19.1. The summed E-state index contributed by atoms with van der Waals surface area (Å²) in [5, 5.41) is 3.28. The van der Waals surface area contributed by atoms with Gasteiger partial charge in [-0.1, -0.05) is 19.3 Å². The van der Waals surface area contributed by atoms with Crippen molar-refractivity contribution in [1.82, 2.24) is 14.8 Å². The number of hydrogen-bond acceptors (Lipinski definition) is 4. The van der Waals surface area contributed by atoms with E-state index in [1.165, 1.54) is 12.5 Å². The van der Waals surface area contributed by atoms with E-state index in [0.717, 1.165) is 38.5 Å². The van der Waals surface area contributed by atoms with Crippen LogP contribution in [0.15, 0.2) is 23.1 Å². The van der Waals surface area contributed by atoms with Crippen molar-refractivity contribution in [3.8, 4) is 0 Å². The first-order valence-electron chi connectivity index (χ1n) is 12.1. The van der Waals surface area contributed by atoms with Crippen LogP contribution in [0.1, 0.15) is 68.3 Å². The Morgan fingerprint density at radius 2 is 1.70 bits per heavy atom. The Morgan fingerprint density at radius 3 is 2.33 bits per heavy atom. The molecule has 0 radical (unpaired) electrons. The first-order valence-corrected chi connectivity index (χ1v) is 12.1. The molecule has 1 aromatic heterocycles. The van der Waals surface area contributed by atoms with Gasteiger partial charge in [-0.3, -0.25) is 14.4 Å². The zero-order chi connectivity index (χ0) is 23.1. The Bertz CT molecular complexity index is 1140. The van der Waals surface area contributed by atoms with Gasteiger partial charge in [0.1, 0.15) is 11.4 Å². The highest BCUT2D eigenvalue weighted by Gasteiger charge is 2.29. The van der Waals surface area contributed by atoms with Gasteiger partial charge in [0, 0.05) is 56.8 Å². The van der Waals surface area contributed by atoms with Crippen molar-refractivity contribution >= 4 is 28.4 Å². The first-order chi connectivity index (χ1) is 15.9. The van der Waals surface area contributed by atoms with Gasteiger partial charge >= 0.3 is 0 Å². The van der Waals surface area contributed by atoms with E-state index in [4.69, 9.17) is 0 Å². The smallest absolute Gasteiger partial charge is 0.256 e. The van der Waals surface area contributed by atoms with E-state index in [2.05, 4.69) is 5.32 Å². The van der Waals surface area contributed by atoms with Gasteiger partial charge in [-0.05, 0) is 37.8 Å². The number of fused-ring (bicyclic) bond motifs is 1. The van der Waals surface area contributed by atoms with Gasteiger partial charge in [0.05, 0.1) is 11.2 Å². The molecule has 5 rings (SSSR count). The maximum absolute atomic E-state index is 15.2. The average Bonchev–Trinajstić information content (AvgIpc) is 3.65. The summed E-state index contributed by atoms with van der Waals surface area (Å²) < 4.78 is 17.2. The molecule has 2 amide bonds. The molecule has 0 atom stereocenters. The highest BCUT2D eigenvalue weighted by atomic mass is 19.1. The molecule has 3 aliphatic rings. The summed E-state index contributed by atoms with van der Waals surface area (Å²) in [4.78, 5) is 41.6. The van der Waals surface area contributed by atoms with Crippen LogP contribution in [-0.2, 0) is 4.79 Å². The number of carbonyl (C=O) groups is 2. The van der Waals surface area contributed by atoms with E-state index >= 15 is 4.39 Å². The number of carbonyl (C=O) groups excluding carboxylic acids is 2. The highest BCUT2D eigenvalue weighted by Crippen LogP contribution is 2.38. The molecule has 0 bridgehead atoms. The first kappa shape index (κ1) is 21.9. The van der Waals surface area contributed by atoms with Crippen molar-refractivity contribution < 1.29 is 14.0 Å². The van der Waals surface area contributed by atoms with Crippen molar-refractivity contribution in [3.05, 3.63) is 39.9 Å². The summed E-state index contributed by atoms with van der Waals surface area (Å²) in [5.41, 5.74) is 0.797. The third kappa shape index (κ3) is 4.35. The molecule has 33 heavy (non-hydrogen) atoms. The second-order valence-electron chi connectivity index (χ2n) is 9.63. The van der Waals surface area contributed by atoms with Crippen LogP contribution >= 0.6 is 0 Å². The van der Waals surface area contributed by atoms with Crippen molar-refractivity contribution in [1.29, 1.82) is 0 Å². The molecule has 1 aromatic carbocycles. The minimum Gasteiger partial charge on any atom is -0.366 e. The summed E-state index contributed by atoms with van der Waals surface area (Å²) in [5.74, 6) is -0.800. The average molecular weight is 455 g/mol. The number of amides is 2. The van der Waals surface area contributed by atoms with Gasteiger partial charge in [0.25, 0.3) is 5.91 Å². The fourth-order valence-electron chi connectivity index (χ4n) is 5.19. The predicted octanol–water partition coefficient (Wildman–Crippen LogP) is 3.21. The van der Waals surface area contributed by atoms with E-state index in [9.17, 15) is 14.4 Å². The van der Waals surface area contributed by atoms with Crippen molar-refractivity contribution in [2.75, 3.05) is 31.1 Å². The molecule has 0 unspecified atom stereocenters. The number of pyridine rings is 1. The summed E-state index contributed by atoms with van der Waals surface area (Å²) in [6, 6.07) is 3.36. The molecule has 2 aromatic rings. The molecular weight excluding hydrogens is 423 g/mol. The highest BCUT2D eigenvalue weighted by molar-refractivity contribution is 5.98. The van der Waals surface area contributed by atoms with E-state index in [1.54, 1.807) is 24.1 Å². The topological polar surface area (TPSA) is 74.7 Å². The van der Waals surface area contributed by atoms with E-state index in [-0.39, 0.29) is 34.8 Å². The summed E-state index contributed by atoms with van der Waals surface area (Å²) in [7, 11) is 0. The molecule has 7 nitrogen and oxygen atoms in total. The lowest BCUT2D eigenvalue weighted by Gasteiger charge is -2.36. The van der Waals surface area contributed by atoms with Crippen molar-refractivity contribution in [3.63, 3.8) is 0 Å². The Labute approximate surface area is 192 Å². The minimum atomic E-state index is -0.469. The monoisotopic (exact) mass is 454 g/mol. The summed E-state index contributed by atoms with van der Waals surface area (Å²) >= 11 is 0. The number of benzene rings is 1. The maximum atomic E-state index is 15.2. The van der Waals surface area contributed by atoms with Crippen LogP contribution in [0.25, 0.3) is 10.9 Å². The van der Waals surface area contributed by atoms with Crippen LogP contribution in [0.2, 0.25) is 0 Å². The van der Waals surface area contributed by atoms with Crippen molar-refractivity contribution in [2.24, 2.45) is 0 Å². The second-order valence-corrected chi connectivity index (χ2v) is 9.63. The predicted molar refractivity (Wildman–Crippen MR) is 125 cm³/mol. The summed E-state index contributed by atoms with van der Waals surface area (Å²) in [6.45, 7) is 3.71. The molecule has 2 aliphatic carbocycles. The van der Waals surface area contributed by atoms with E-state index < -0.39 is 11.2 Å². The van der Waals surface area contributed by atoms with Crippen LogP contribution in [0.3, 0.4) is 0 Å². The number of aromatic nitrogens is 1. The molecule has 8 heteroatoms. The Balaban J connectivity index is 1.50. The lowest BCUT2D eigenvalue weighted by molar-refractivity contribution is -0.129. The molecule has 2 heterocycles. The minimum absolute atomic E-state index is 0.0234. The largest absolute Gasteiger partial charge is 0.366 e. The van der Waals surface area contributed by atoms with Gasteiger partial charge in [0.15, 0.2) is 0 Å². The van der Waals surface area contributed by atoms with Gasteiger partial charge in [-0.15, -0.1) is 0 Å². The Kier molecular flexibility index (Phi) is 5.85. The van der Waals surface area contributed by atoms with Gasteiger partial charge in [-0.25, -0.2) is 4.39 Å². The molecule has 1 aliphatic heterocycles. The molecular formula is C25H31FN4O3. The number of halogens is 1. The third-order valence-corrected chi connectivity index (χ3v) is 7.29. The lowest BCUT2D eigenvalue weighted by atomic mass is 9.95. The van der Waals surface area contributed by atoms with Gasteiger partial charge < -0.3 is 19.7 Å². The van der Waals surface area contributed by atoms with E-state index in [0.29, 0.717) is 37.4 Å². The number of anilines is 1. The van der Waals surface area contributed by atoms with E-state index in [1.807, 2.05) is 9.47 Å². The van der Waals surface area contributed by atoms with Crippen LogP contribution in [0, 0.1) is 5.82 Å². The number of nitrogens with zero attached hydrogens (tertiary/aromatic N) is 3. The number of hydrogen-bond donors (Lipinski definition) is 1. The van der Waals surface area contributed by atoms with Crippen LogP contribution in [0.4, 0.5) is 10.1 Å². The molecule has 1 N–H and O–H groups in total. The molecule has 1 saturated heterocycles. The quantitative estimate of drug-likeness (QED) is 0.770. The Morgan fingerprint density at radius 1 is 1.00 bits per heavy atom. The number of rotatable bonds is 4. The third-order valence-electron chi connectivity index (χ3n) is 7.29. The van der Waals surface area contributed by atoms with Crippen LogP contribution in [0.5, 0.6) is 0 Å². The number of piperazine rings is 1. The molecule has 3 fully saturated rings. The fourth-order valence-corrected chi connectivity index (χ4v) is 5.19. The molecule has 176 valence electrons. The normalized spacial score (nSPS) is 19.7. The second kappa shape index (κ2) is 8.80. The summed E-state index contributed by atoms with van der Waals surface area (Å²) in [6.07, 6.45) is 8.86. The van der Waals surface area contributed by atoms with Crippen LogP contribution < -0.4 is 15.6 Å². The van der Waals surface area contributed by atoms with Crippen LogP contribution in [-0.4, -0.2) is 53.5 Å².